The van der Waals surface area contributed by atoms with Crippen LogP contribution in [-0.2, 0) is 19.1 Å². The van der Waals surface area contributed by atoms with Crippen molar-refractivity contribution in [1.82, 2.24) is 5.32 Å². The number of piperidine rings is 1. The summed E-state index contributed by atoms with van der Waals surface area (Å²) in [5, 5.41) is 4.88. The molecule has 1 aliphatic heterocycles. The molecule has 0 radical (unpaired) electrons. The maximum atomic E-state index is 13.1. The van der Waals surface area contributed by atoms with Crippen molar-refractivity contribution in [2.75, 3.05) is 38.1 Å². The highest BCUT2D eigenvalue weighted by Crippen LogP contribution is 2.13. The van der Waals surface area contributed by atoms with Crippen LogP contribution in [0.2, 0.25) is 0 Å². The highest BCUT2D eigenvalue weighted by molar-refractivity contribution is 5.94. The van der Waals surface area contributed by atoms with Gasteiger partial charge in [0, 0.05) is 24.6 Å². The molecule has 1 aliphatic rings. The first kappa shape index (κ1) is 20.8. The second kappa shape index (κ2) is 9.96. The van der Waals surface area contributed by atoms with Crippen molar-refractivity contribution < 1.29 is 32.8 Å². The van der Waals surface area contributed by atoms with Crippen molar-refractivity contribution in [1.29, 1.82) is 0 Å². The standard InChI is InChI=1S/C18H23F2N3O4/c1-2-27-18(26)12-5-7-23(8-6-12)11-17(25)21-10-16(24)22-13-3-4-14(19)15(20)9-13/h3-4,9,12H,2,5-8,10-11H2,1H3,(H,21,25)(H,22,24)/p+1. The lowest BCUT2D eigenvalue weighted by atomic mass is 9.97. The van der Waals surface area contributed by atoms with Crippen molar-refractivity contribution in [3.63, 3.8) is 0 Å². The molecule has 1 heterocycles. The molecule has 2 rings (SSSR count). The van der Waals surface area contributed by atoms with E-state index in [2.05, 4.69) is 10.6 Å². The predicted molar refractivity (Wildman–Crippen MR) is 92.9 cm³/mol. The maximum absolute atomic E-state index is 13.1. The molecule has 1 aromatic carbocycles. The van der Waals surface area contributed by atoms with Crippen molar-refractivity contribution in [3.05, 3.63) is 29.8 Å². The molecule has 9 heteroatoms. The molecule has 0 atom stereocenters. The minimum atomic E-state index is -1.06. The summed E-state index contributed by atoms with van der Waals surface area (Å²) in [5.74, 6) is -3.19. The van der Waals surface area contributed by atoms with Crippen molar-refractivity contribution >= 4 is 23.5 Å². The van der Waals surface area contributed by atoms with Gasteiger partial charge in [0.15, 0.2) is 18.2 Å². The zero-order valence-electron chi connectivity index (χ0n) is 15.1. The van der Waals surface area contributed by atoms with Gasteiger partial charge in [-0.3, -0.25) is 14.4 Å². The van der Waals surface area contributed by atoms with E-state index >= 15 is 0 Å². The number of benzene rings is 1. The van der Waals surface area contributed by atoms with Gasteiger partial charge in [-0.05, 0) is 19.1 Å². The van der Waals surface area contributed by atoms with Crippen LogP contribution in [-0.4, -0.2) is 50.6 Å². The molecule has 7 nitrogen and oxygen atoms in total. The van der Waals surface area contributed by atoms with Crippen molar-refractivity contribution in [2.24, 2.45) is 5.92 Å². The summed E-state index contributed by atoms with van der Waals surface area (Å²) in [6.07, 6.45) is 1.33. The van der Waals surface area contributed by atoms with Crippen molar-refractivity contribution in [3.8, 4) is 0 Å². The van der Waals surface area contributed by atoms with Crippen LogP contribution in [0.3, 0.4) is 0 Å². The number of nitrogens with one attached hydrogen (secondary N) is 3. The van der Waals surface area contributed by atoms with E-state index in [0.717, 1.165) is 17.0 Å². The third kappa shape index (κ3) is 6.59. The molecule has 148 valence electrons. The largest absolute Gasteiger partial charge is 0.466 e. The van der Waals surface area contributed by atoms with Gasteiger partial charge in [-0.25, -0.2) is 8.78 Å². The van der Waals surface area contributed by atoms with E-state index in [4.69, 9.17) is 4.74 Å². The van der Waals surface area contributed by atoms with Gasteiger partial charge >= 0.3 is 5.97 Å². The average molecular weight is 384 g/mol. The maximum Gasteiger partial charge on any atom is 0.309 e. The summed E-state index contributed by atoms with van der Waals surface area (Å²) >= 11 is 0. The molecule has 1 saturated heterocycles. The number of esters is 1. The number of anilines is 1. The first-order valence-corrected chi connectivity index (χ1v) is 8.90. The first-order valence-electron chi connectivity index (χ1n) is 8.90. The normalized spacial score (nSPS) is 19.2. The summed E-state index contributed by atoms with van der Waals surface area (Å²) in [7, 11) is 0. The third-order valence-corrected chi connectivity index (χ3v) is 4.37. The number of likely N-dealkylation sites (tertiary alicyclic amines) is 1. The fourth-order valence-electron chi connectivity index (χ4n) is 2.95. The number of amides is 2. The van der Waals surface area contributed by atoms with Gasteiger partial charge in [0.25, 0.3) is 5.91 Å². The molecule has 0 spiro atoms. The van der Waals surface area contributed by atoms with Crippen LogP contribution in [0.1, 0.15) is 19.8 Å². The number of carbonyl (C=O) groups excluding carboxylic acids is 3. The molecule has 0 saturated carbocycles. The fraction of sp³-hybridized carbons (Fsp3) is 0.500. The quantitative estimate of drug-likeness (QED) is 0.572. The monoisotopic (exact) mass is 384 g/mol. The van der Waals surface area contributed by atoms with Gasteiger partial charge < -0.3 is 20.3 Å². The Morgan fingerprint density at radius 1 is 1.15 bits per heavy atom. The van der Waals surface area contributed by atoms with Crippen LogP contribution < -0.4 is 15.5 Å². The van der Waals surface area contributed by atoms with Gasteiger partial charge in [-0.1, -0.05) is 0 Å². The number of hydrogen-bond donors (Lipinski definition) is 3. The Morgan fingerprint density at radius 2 is 1.85 bits per heavy atom. The predicted octanol–water partition coefficient (Wildman–Crippen LogP) is -0.122. The molecule has 2 amide bonds. The summed E-state index contributed by atoms with van der Waals surface area (Å²) in [5.41, 5.74) is 0.111. The number of hydrogen-bond acceptors (Lipinski definition) is 4. The molecular formula is C18H24F2N3O4+. The van der Waals surface area contributed by atoms with E-state index in [9.17, 15) is 23.2 Å². The molecule has 1 aromatic rings. The Bertz CT molecular complexity index is 691. The zero-order valence-corrected chi connectivity index (χ0v) is 15.1. The van der Waals surface area contributed by atoms with E-state index in [-0.39, 0.29) is 36.6 Å². The number of ether oxygens (including phenoxy) is 1. The van der Waals surface area contributed by atoms with Gasteiger partial charge in [0.1, 0.15) is 0 Å². The smallest absolute Gasteiger partial charge is 0.309 e. The zero-order chi connectivity index (χ0) is 19.8. The van der Waals surface area contributed by atoms with Crippen LogP contribution in [0, 0.1) is 17.6 Å². The molecule has 0 aromatic heterocycles. The lowest BCUT2D eigenvalue weighted by molar-refractivity contribution is -0.897. The molecule has 1 fully saturated rings. The van der Waals surface area contributed by atoms with Crippen LogP contribution in [0.15, 0.2) is 18.2 Å². The SMILES string of the molecule is CCOC(=O)C1CC[NH+](CC(=O)NCC(=O)Nc2ccc(F)c(F)c2)CC1. The Kier molecular flexibility index (Phi) is 7.66. The second-order valence-corrected chi connectivity index (χ2v) is 6.41. The van der Waals surface area contributed by atoms with Gasteiger partial charge in [0.05, 0.1) is 32.2 Å². The summed E-state index contributed by atoms with van der Waals surface area (Å²) < 4.78 is 31.0. The third-order valence-electron chi connectivity index (χ3n) is 4.37. The summed E-state index contributed by atoms with van der Waals surface area (Å²) in [6, 6.07) is 3.01. The molecule has 3 N–H and O–H groups in total. The van der Waals surface area contributed by atoms with Crippen molar-refractivity contribution in [2.45, 2.75) is 19.8 Å². The summed E-state index contributed by atoms with van der Waals surface area (Å²) in [6.45, 7) is 3.42. The van der Waals surface area contributed by atoms with Crippen LogP contribution in [0.25, 0.3) is 0 Å². The van der Waals surface area contributed by atoms with Gasteiger partial charge in [-0.2, -0.15) is 0 Å². The Labute approximate surface area is 156 Å². The number of halogens is 2. The lowest BCUT2D eigenvalue weighted by Gasteiger charge is -2.27. The van der Waals surface area contributed by atoms with E-state index in [1.165, 1.54) is 6.07 Å². The first-order chi connectivity index (χ1) is 12.9. The topological polar surface area (TPSA) is 88.9 Å². The van der Waals surface area contributed by atoms with Crippen LogP contribution in [0.5, 0.6) is 0 Å². The lowest BCUT2D eigenvalue weighted by Crippen LogP contribution is -3.14. The molecule has 0 bridgehead atoms. The molecule has 0 aliphatic carbocycles. The molecule has 27 heavy (non-hydrogen) atoms. The highest BCUT2D eigenvalue weighted by Gasteiger charge is 2.29. The van der Waals surface area contributed by atoms with E-state index in [1.807, 2.05) is 0 Å². The van der Waals surface area contributed by atoms with Crippen LogP contribution >= 0.6 is 0 Å². The highest BCUT2D eigenvalue weighted by atomic mass is 19.2. The number of carbonyl (C=O) groups is 3. The summed E-state index contributed by atoms with van der Waals surface area (Å²) in [4.78, 5) is 36.5. The number of quaternary nitrogens is 1. The second-order valence-electron chi connectivity index (χ2n) is 6.41. The Balaban J connectivity index is 1.68. The Morgan fingerprint density at radius 3 is 2.48 bits per heavy atom. The number of rotatable bonds is 7. The van der Waals surface area contributed by atoms with E-state index in [1.54, 1.807) is 6.92 Å². The van der Waals surface area contributed by atoms with E-state index < -0.39 is 17.5 Å². The minimum Gasteiger partial charge on any atom is -0.466 e. The fourth-order valence-corrected chi connectivity index (χ4v) is 2.95. The van der Waals surface area contributed by atoms with Gasteiger partial charge in [-0.15, -0.1) is 0 Å². The Hall–Kier alpha value is -2.55. The van der Waals surface area contributed by atoms with E-state index in [0.29, 0.717) is 32.5 Å². The van der Waals surface area contributed by atoms with Gasteiger partial charge in [0.2, 0.25) is 5.91 Å². The average Bonchev–Trinajstić information content (AvgIpc) is 2.64. The minimum absolute atomic E-state index is 0.111. The molecule has 0 unspecified atom stereocenters. The molecular weight excluding hydrogens is 360 g/mol. The van der Waals surface area contributed by atoms with Crippen LogP contribution in [0.4, 0.5) is 14.5 Å².